The van der Waals surface area contributed by atoms with E-state index in [9.17, 15) is 0 Å². The van der Waals surface area contributed by atoms with Crippen molar-refractivity contribution in [2.75, 3.05) is 24.6 Å². The molecule has 0 radical (unpaired) electrons. The maximum absolute atomic E-state index is 6.77. The van der Waals surface area contributed by atoms with Crippen molar-refractivity contribution in [1.82, 2.24) is 0 Å². The van der Waals surface area contributed by atoms with E-state index in [1.165, 1.54) is 33.5 Å². The third-order valence-electron chi connectivity index (χ3n) is 8.51. The highest BCUT2D eigenvalue weighted by molar-refractivity contribution is 5.76. The van der Waals surface area contributed by atoms with E-state index in [1.54, 1.807) is 0 Å². The zero-order chi connectivity index (χ0) is 25.6. The fraction of sp³-hybridized carbons (Fsp3) is 0.353. The van der Waals surface area contributed by atoms with Crippen LogP contribution in [-0.2, 0) is 4.74 Å². The first-order chi connectivity index (χ1) is 18.7. The van der Waals surface area contributed by atoms with Gasteiger partial charge < -0.3 is 19.1 Å². The molecule has 2 aromatic rings. The van der Waals surface area contributed by atoms with Gasteiger partial charge in [-0.1, -0.05) is 18.2 Å². The summed E-state index contributed by atoms with van der Waals surface area (Å²) in [5.41, 5.74) is 10.0. The van der Waals surface area contributed by atoms with Gasteiger partial charge in [-0.05, 0) is 111 Å². The monoisotopic (exact) mass is 505 g/mol. The normalized spacial score (nSPS) is 22.5. The topological polar surface area (TPSA) is 30.9 Å². The molecule has 2 aliphatic carbocycles. The lowest BCUT2D eigenvalue weighted by atomic mass is 9.82. The second-order valence-electron chi connectivity index (χ2n) is 10.8. The summed E-state index contributed by atoms with van der Waals surface area (Å²) in [7, 11) is 0. The molecule has 38 heavy (non-hydrogen) atoms. The van der Waals surface area contributed by atoms with Gasteiger partial charge in [-0.15, -0.1) is 0 Å². The summed E-state index contributed by atoms with van der Waals surface area (Å²) in [5.74, 6) is 3.91. The van der Waals surface area contributed by atoms with Gasteiger partial charge in [-0.2, -0.15) is 0 Å². The Hall–Kier alpha value is -3.66. The fourth-order valence-corrected chi connectivity index (χ4v) is 6.55. The zero-order valence-corrected chi connectivity index (χ0v) is 22.4. The Morgan fingerprint density at radius 2 is 1.76 bits per heavy atom. The largest absolute Gasteiger partial charge is 0.488 e. The van der Waals surface area contributed by atoms with E-state index in [0.717, 1.165) is 85.8 Å². The zero-order valence-electron chi connectivity index (χ0n) is 22.4. The van der Waals surface area contributed by atoms with E-state index >= 15 is 0 Å². The average Bonchev–Trinajstić information content (AvgIpc) is 2.96. The number of hydrogen-bond donors (Lipinski definition) is 0. The van der Waals surface area contributed by atoms with Crippen LogP contribution in [0.3, 0.4) is 0 Å². The van der Waals surface area contributed by atoms with Crippen LogP contribution in [0.15, 0.2) is 88.2 Å². The second kappa shape index (κ2) is 9.58. The molecule has 0 bridgehead atoms. The van der Waals surface area contributed by atoms with Gasteiger partial charge in [0.05, 0.1) is 5.56 Å². The number of rotatable bonds is 4. The molecular weight excluding hydrogens is 470 g/mol. The standard InChI is InChI=1S/C34H35NO3/c1-3-35(4-2)28-16-15-22-17-23-9-7-10-24(32(23)37-31(22)20-28)18-25-11-8-12-26-19-27-21-36-30-14-6-5-13-29(30)34(27)38-33(25)26/h5-6,13-20,32H,3-4,7-12,21H2,1-2H3/b24-18+. The van der Waals surface area contributed by atoms with Crippen LogP contribution in [0.4, 0.5) is 5.69 Å². The van der Waals surface area contributed by atoms with Crippen LogP contribution in [0.1, 0.15) is 63.5 Å². The Morgan fingerprint density at radius 1 is 0.895 bits per heavy atom. The highest BCUT2D eigenvalue weighted by atomic mass is 16.5. The van der Waals surface area contributed by atoms with Crippen molar-refractivity contribution in [1.29, 1.82) is 0 Å². The van der Waals surface area contributed by atoms with E-state index < -0.39 is 0 Å². The first-order valence-electron chi connectivity index (χ1n) is 14.3. The molecule has 5 aliphatic rings. The number of nitrogens with zero attached hydrogens (tertiary/aromatic N) is 1. The van der Waals surface area contributed by atoms with Crippen LogP contribution >= 0.6 is 0 Å². The highest BCUT2D eigenvalue weighted by Crippen LogP contribution is 2.46. The summed E-state index contributed by atoms with van der Waals surface area (Å²) in [4.78, 5) is 2.38. The molecule has 0 N–H and O–H groups in total. The molecule has 0 saturated heterocycles. The van der Waals surface area contributed by atoms with Crippen LogP contribution in [0, 0.1) is 0 Å². The Morgan fingerprint density at radius 3 is 2.66 bits per heavy atom. The van der Waals surface area contributed by atoms with E-state index in [-0.39, 0.29) is 6.10 Å². The first-order valence-corrected chi connectivity index (χ1v) is 14.3. The minimum Gasteiger partial charge on any atom is -0.488 e. The van der Waals surface area contributed by atoms with Crippen molar-refractivity contribution in [2.45, 2.75) is 58.5 Å². The fourth-order valence-electron chi connectivity index (χ4n) is 6.55. The van der Waals surface area contributed by atoms with E-state index in [4.69, 9.17) is 14.2 Å². The third-order valence-corrected chi connectivity index (χ3v) is 8.51. The van der Waals surface area contributed by atoms with Gasteiger partial charge in [-0.3, -0.25) is 0 Å². The van der Waals surface area contributed by atoms with E-state index in [2.05, 4.69) is 67.3 Å². The second-order valence-corrected chi connectivity index (χ2v) is 10.8. The van der Waals surface area contributed by atoms with Crippen molar-refractivity contribution >= 4 is 17.5 Å². The minimum atomic E-state index is 0.0211. The minimum absolute atomic E-state index is 0.0211. The van der Waals surface area contributed by atoms with Crippen LogP contribution in [0.25, 0.3) is 11.8 Å². The van der Waals surface area contributed by atoms with Gasteiger partial charge in [-0.25, -0.2) is 0 Å². The van der Waals surface area contributed by atoms with Crippen molar-refractivity contribution < 1.29 is 14.2 Å². The highest BCUT2D eigenvalue weighted by Gasteiger charge is 2.33. The number of allylic oxidation sites excluding steroid dienone is 3. The molecule has 1 unspecified atom stereocenters. The number of hydrogen-bond acceptors (Lipinski definition) is 4. The Balaban J connectivity index is 1.23. The smallest absolute Gasteiger partial charge is 0.145 e. The van der Waals surface area contributed by atoms with Gasteiger partial charge in [0.1, 0.15) is 35.7 Å². The lowest BCUT2D eigenvalue weighted by Gasteiger charge is -2.35. The lowest BCUT2D eigenvalue weighted by molar-refractivity contribution is 0.247. The Kier molecular flexibility index (Phi) is 5.91. The van der Waals surface area contributed by atoms with Gasteiger partial charge in [0.15, 0.2) is 0 Å². The molecule has 3 aliphatic heterocycles. The maximum atomic E-state index is 6.77. The molecule has 3 heterocycles. The third kappa shape index (κ3) is 3.98. The van der Waals surface area contributed by atoms with Crippen molar-refractivity contribution in [3.63, 3.8) is 0 Å². The molecule has 194 valence electrons. The summed E-state index contributed by atoms with van der Waals surface area (Å²) in [6.07, 6.45) is 13.7. The number of ether oxygens (including phenoxy) is 3. The molecule has 0 amide bonds. The summed E-state index contributed by atoms with van der Waals surface area (Å²) in [6, 6.07) is 14.9. The number of benzene rings is 2. The molecule has 4 nitrogen and oxygen atoms in total. The number of para-hydroxylation sites is 1. The quantitative estimate of drug-likeness (QED) is 0.421. The van der Waals surface area contributed by atoms with Gasteiger partial charge >= 0.3 is 0 Å². The summed E-state index contributed by atoms with van der Waals surface area (Å²) >= 11 is 0. The van der Waals surface area contributed by atoms with Crippen LogP contribution in [0.2, 0.25) is 0 Å². The maximum Gasteiger partial charge on any atom is 0.145 e. The van der Waals surface area contributed by atoms with Gasteiger partial charge in [0.25, 0.3) is 0 Å². The van der Waals surface area contributed by atoms with E-state index in [1.807, 2.05) is 12.1 Å². The van der Waals surface area contributed by atoms with Crippen molar-refractivity contribution in [2.24, 2.45) is 0 Å². The summed E-state index contributed by atoms with van der Waals surface area (Å²) < 4.78 is 19.5. The molecule has 0 spiro atoms. The SMILES string of the molecule is CCN(CC)c1ccc2c(c1)OC1C(=C2)CCC/C1=C\C1=C2OC3=C(C=C2CCC1)COc1ccccc13. The molecular formula is C34H35NO3. The predicted molar refractivity (Wildman–Crippen MR) is 153 cm³/mol. The average molecular weight is 506 g/mol. The van der Waals surface area contributed by atoms with Gasteiger partial charge in [0.2, 0.25) is 0 Å². The van der Waals surface area contributed by atoms with Crippen LogP contribution in [0.5, 0.6) is 11.5 Å². The lowest BCUT2D eigenvalue weighted by Crippen LogP contribution is -2.29. The number of anilines is 1. The van der Waals surface area contributed by atoms with Crippen LogP contribution < -0.4 is 14.4 Å². The number of fused-ring (bicyclic) bond motifs is 5. The molecule has 1 fully saturated rings. The molecule has 0 aromatic heterocycles. The van der Waals surface area contributed by atoms with Crippen molar-refractivity contribution in [3.8, 4) is 11.5 Å². The van der Waals surface area contributed by atoms with Crippen molar-refractivity contribution in [3.05, 3.63) is 99.4 Å². The van der Waals surface area contributed by atoms with Crippen LogP contribution in [-0.4, -0.2) is 25.8 Å². The molecule has 2 aromatic carbocycles. The van der Waals surface area contributed by atoms with Gasteiger partial charge in [0, 0.05) is 36.0 Å². The Labute approximate surface area is 225 Å². The molecule has 1 saturated carbocycles. The summed E-state index contributed by atoms with van der Waals surface area (Å²) in [6.45, 7) is 6.96. The molecule has 4 heteroatoms. The predicted octanol–water partition coefficient (Wildman–Crippen LogP) is 7.99. The first kappa shape index (κ1) is 23.5. The Bertz CT molecular complexity index is 1450. The van der Waals surface area contributed by atoms with E-state index in [0.29, 0.717) is 6.61 Å². The molecule has 1 atom stereocenters. The summed E-state index contributed by atoms with van der Waals surface area (Å²) in [5, 5.41) is 0. The molecule has 7 rings (SSSR count).